The summed E-state index contributed by atoms with van der Waals surface area (Å²) in [4.78, 5) is 11.8. The number of ether oxygens (including phenoxy) is 3. The summed E-state index contributed by atoms with van der Waals surface area (Å²) in [6.07, 6.45) is 2.07. The maximum Gasteiger partial charge on any atom is 0.249 e. The molecule has 2 aromatic carbocycles. The lowest BCUT2D eigenvalue weighted by molar-refractivity contribution is -0.124. The smallest absolute Gasteiger partial charge is 0.249 e. The van der Waals surface area contributed by atoms with Gasteiger partial charge in [0.1, 0.15) is 17.7 Å². The predicted molar refractivity (Wildman–Crippen MR) is 143 cm³/mol. The van der Waals surface area contributed by atoms with Gasteiger partial charge in [-0.1, -0.05) is 6.07 Å². The normalized spacial score (nSPS) is 16.0. The summed E-state index contributed by atoms with van der Waals surface area (Å²) in [6, 6.07) is 6.79. The number of carbonyl (C=O) groups is 1. The number of nitrogens with one attached hydrogen (secondary N) is 1. The van der Waals surface area contributed by atoms with Gasteiger partial charge in [-0.3, -0.25) is 4.79 Å². The summed E-state index contributed by atoms with van der Waals surface area (Å²) >= 11 is 1.59. The fraction of sp³-hybridized carbons (Fsp3) is 0.370. The van der Waals surface area contributed by atoms with Crippen LogP contribution in [-0.2, 0) is 27.8 Å². The first-order valence-electron chi connectivity index (χ1n) is 12.4. The molecule has 1 saturated heterocycles. The molecule has 0 saturated carbocycles. The van der Waals surface area contributed by atoms with Crippen LogP contribution in [0.5, 0.6) is 17.2 Å². The number of methoxy groups -OCH3 is 2. The average molecular weight is 581 g/mol. The van der Waals surface area contributed by atoms with E-state index >= 15 is 0 Å². The van der Waals surface area contributed by atoms with Crippen LogP contribution in [-0.4, -0.2) is 52.0 Å². The maximum absolute atomic E-state index is 14.7. The van der Waals surface area contributed by atoms with Crippen molar-refractivity contribution < 1.29 is 36.2 Å². The monoisotopic (exact) mass is 580 g/mol. The van der Waals surface area contributed by atoms with E-state index in [0.29, 0.717) is 43.7 Å². The van der Waals surface area contributed by atoms with Crippen molar-refractivity contribution in [2.24, 2.45) is 0 Å². The van der Waals surface area contributed by atoms with E-state index in [1.807, 2.05) is 16.8 Å². The zero-order valence-corrected chi connectivity index (χ0v) is 23.2. The predicted octanol–water partition coefficient (Wildman–Crippen LogP) is 4.52. The molecule has 1 aliphatic heterocycles. The third kappa shape index (κ3) is 6.51. The number of nitrogens with zero attached hydrogens (tertiary/aromatic N) is 1. The quantitative estimate of drug-likeness (QED) is 0.358. The Balaban J connectivity index is 1.71. The molecule has 1 atom stereocenters. The molecule has 4 rings (SSSR count). The molecule has 1 N–H and O–H groups in total. The van der Waals surface area contributed by atoms with Crippen molar-refractivity contribution in [2.45, 2.75) is 43.2 Å². The topological polar surface area (TPSA) is 94.2 Å². The lowest BCUT2D eigenvalue weighted by atomic mass is 10.1. The van der Waals surface area contributed by atoms with E-state index in [1.165, 1.54) is 14.2 Å². The van der Waals surface area contributed by atoms with Gasteiger partial charge in [0, 0.05) is 19.5 Å². The second kappa shape index (κ2) is 12.8. The van der Waals surface area contributed by atoms with E-state index in [-0.39, 0.29) is 24.5 Å². The summed E-state index contributed by atoms with van der Waals surface area (Å²) in [5.41, 5.74) is 1.50. The Morgan fingerprint density at radius 1 is 1.05 bits per heavy atom. The van der Waals surface area contributed by atoms with Crippen molar-refractivity contribution in [3.63, 3.8) is 0 Å². The number of hydrogen-bond acceptors (Lipinski definition) is 7. The molecular formula is C27H30F2N2O6S2. The molecule has 0 aliphatic carbocycles. The van der Waals surface area contributed by atoms with Gasteiger partial charge in [0.05, 0.1) is 20.8 Å². The van der Waals surface area contributed by atoms with Crippen molar-refractivity contribution in [1.82, 2.24) is 9.62 Å². The number of hydrogen-bond donors (Lipinski definition) is 1. The largest absolute Gasteiger partial charge is 0.493 e. The lowest BCUT2D eigenvalue weighted by Crippen LogP contribution is -2.48. The number of amides is 1. The van der Waals surface area contributed by atoms with Crippen molar-refractivity contribution in [2.75, 3.05) is 27.4 Å². The van der Waals surface area contributed by atoms with Crippen LogP contribution >= 0.6 is 11.3 Å². The number of halogens is 2. The zero-order chi connectivity index (χ0) is 28.0. The third-order valence-electron chi connectivity index (χ3n) is 6.42. The first-order chi connectivity index (χ1) is 18.8. The Hall–Kier alpha value is -3.22. The van der Waals surface area contributed by atoms with Gasteiger partial charge in [-0.05, 0) is 71.5 Å². The third-order valence-corrected chi connectivity index (χ3v) is 9.05. The van der Waals surface area contributed by atoms with Gasteiger partial charge in [0.2, 0.25) is 21.7 Å². The molecule has 1 fully saturated rings. The molecule has 1 amide bonds. The van der Waals surface area contributed by atoms with E-state index < -0.39 is 38.5 Å². The van der Waals surface area contributed by atoms with Crippen molar-refractivity contribution in [3.05, 3.63) is 69.9 Å². The van der Waals surface area contributed by atoms with Crippen LogP contribution < -0.4 is 19.5 Å². The van der Waals surface area contributed by atoms with Crippen LogP contribution in [0.15, 0.2) is 52.1 Å². The van der Waals surface area contributed by atoms with Crippen molar-refractivity contribution >= 4 is 27.3 Å². The molecule has 0 radical (unpaired) electrons. The van der Waals surface area contributed by atoms with Crippen LogP contribution in [0, 0.1) is 11.6 Å². The number of carbonyl (C=O) groups excluding carboxylic acids is 1. The van der Waals surface area contributed by atoms with E-state index in [1.54, 1.807) is 23.5 Å². The molecule has 12 heteroatoms. The molecule has 0 unspecified atom stereocenters. The Labute approximate surface area is 230 Å². The fourth-order valence-corrected chi connectivity index (χ4v) is 6.88. The molecule has 8 nitrogen and oxygen atoms in total. The van der Waals surface area contributed by atoms with E-state index in [0.717, 1.165) is 28.1 Å². The second-order valence-corrected chi connectivity index (χ2v) is 11.6. The minimum absolute atomic E-state index is 0.194. The minimum Gasteiger partial charge on any atom is -0.493 e. The first kappa shape index (κ1) is 28.8. The molecule has 0 spiro atoms. The molecule has 1 aromatic heterocycles. The van der Waals surface area contributed by atoms with Crippen LogP contribution in [0.1, 0.15) is 30.4 Å². The maximum atomic E-state index is 14.7. The first-order valence-corrected chi connectivity index (χ1v) is 14.8. The van der Waals surface area contributed by atoms with Gasteiger partial charge in [-0.2, -0.15) is 15.6 Å². The molecule has 1 aliphatic rings. The Morgan fingerprint density at radius 2 is 1.74 bits per heavy atom. The van der Waals surface area contributed by atoms with E-state index in [2.05, 4.69) is 5.32 Å². The highest BCUT2D eigenvalue weighted by molar-refractivity contribution is 7.89. The molecular weight excluding hydrogens is 550 g/mol. The molecule has 2 heterocycles. The van der Waals surface area contributed by atoms with Gasteiger partial charge in [-0.25, -0.2) is 17.2 Å². The van der Waals surface area contributed by atoms with Crippen LogP contribution in [0.25, 0.3) is 0 Å². The Bertz CT molecular complexity index is 1350. The number of rotatable bonds is 11. The van der Waals surface area contributed by atoms with Gasteiger partial charge in [-0.15, -0.1) is 0 Å². The highest BCUT2D eigenvalue weighted by Crippen LogP contribution is 2.40. The summed E-state index contributed by atoms with van der Waals surface area (Å²) in [6.45, 7) is 0.366. The highest BCUT2D eigenvalue weighted by atomic mass is 32.2. The van der Waals surface area contributed by atoms with Crippen LogP contribution in [0.4, 0.5) is 8.78 Å². The summed E-state index contributed by atoms with van der Waals surface area (Å²) < 4.78 is 74.7. The van der Waals surface area contributed by atoms with Gasteiger partial charge in [0.25, 0.3) is 0 Å². The van der Waals surface area contributed by atoms with Crippen molar-refractivity contribution in [3.8, 4) is 17.2 Å². The standard InChI is InChI=1S/C27H30F2N2O6S2/c1-35-23-14-19(15-24(36-2)25(23)37-12-9-18-10-13-38-17-18)16-31(22-8-3-4-11-30-27(22)32)39(33,34)26-20(28)6-5-7-21(26)29/h5-7,10,13-15,17,22H,3-4,8-9,11-12,16H2,1-2H3,(H,30,32)/t22-/m0/s1. The van der Waals surface area contributed by atoms with Crippen molar-refractivity contribution in [1.29, 1.82) is 0 Å². The summed E-state index contributed by atoms with van der Waals surface area (Å²) in [5.74, 6) is -2.10. The number of benzene rings is 2. The zero-order valence-electron chi connectivity index (χ0n) is 21.6. The summed E-state index contributed by atoms with van der Waals surface area (Å²) in [5, 5.41) is 6.71. The second-order valence-electron chi connectivity index (χ2n) is 8.96. The molecule has 0 bridgehead atoms. The fourth-order valence-electron chi connectivity index (χ4n) is 4.46. The number of sulfonamides is 1. The lowest BCUT2D eigenvalue weighted by Gasteiger charge is -2.29. The SMILES string of the molecule is COc1cc(CN([C@H]2CCCCNC2=O)S(=O)(=O)c2c(F)cccc2F)cc(OC)c1OCCc1ccsc1. The molecule has 210 valence electrons. The summed E-state index contributed by atoms with van der Waals surface area (Å²) in [7, 11) is -1.91. The molecule has 39 heavy (non-hydrogen) atoms. The van der Waals surface area contributed by atoms with Gasteiger partial charge >= 0.3 is 0 Å². The van der Waals surface area contributed by atoms with Crippen LogP contribution in [0.2, 0.25) is 0 Å². The van der Waals surface area contributed by atoms with E-state index in [9.17, 15) is 22.0 Å². The van der Waals surface area contributed by atoms with E-state index in [4.69, 9.17) is 14.2 Å². The molecule has 3 aromatic rings. The highest BCUT2D eigenvalue weighted by Gasteiger charge is 2.39. The average Bonchev–Trinajstić information content (AvgIpc) is 3.34. The van der Waals surface area contributed by atoms with Gasteiger partial charge in [0.15, 0.2) is 16.4 Å². The minimum atomic E-state index is -4.79. The van der Waals surface area contributed by atoms with Gasteiger partial charge < -0.3 is 19.5 Å². The Morgan fingerprint density at radius 3 is 2.36 bits per heavy atom. The number of thiophene rings is 1. The van der Waals surface area contributed by atoms with Crippen LogP contribution in [0.3, 0.4) is 0 Å². The Kier molecular flexibility index (Phi) is 9.41.